The van der Waals surface area contributed by atoms with Gasteiger partial charge in [-0.2, -0.15) is 0 Å². The van der Waals surface area contributed by atoms with Crippen molar-refractivity contribution in [1.29, 1.82) is 0 Å². The molecule has 1 aromatic carbocycles. The van der Waals surface area contributed by atoms with Gasteiger partial charge in [-0.1, -0.05) is 30.3 Å². The molecule has 0 unspecified atom stereocenters. The van der Waals surface area contributed by atoms with Crippen LogP contribution in [0.3, 0.4) is 0 Å². The summed E-state index contributed by atoms with van der Waals surface area (Å²) in [6.07, 6.45) is 1.55. The van der Waals surface area contributed by atoms with Gasteiger partial charge in [0.1, 0.15) is 11.6 Å². The highest BCUT2D eigenvalue weighted by Crippen LogP contribution is 2.02. The minimum atomic E-state index is -0.795. The number of esters is 1. The fraction of sp³-hybridized carbons (Fsp3) is 0.467. The molecule has 8 nitrogen and oxygen atoms in total. The Morgan fingerprint density at radius 1 is 1.26 bits per heavy atom. The predicted octanol–water partition coefficient (Wildman–Crippen LogP) is 1.20. The molecule has 0 aliphatic carbocycles. The molecule has 126 valence electrons. The smallest absolute Gasteiger partial charge is 0.325 e. The van der Waals surface area contributed by atoms with Crippen molar-refractivity contribution in [2.24, 2.45) is 5.10 Å². The minimum absolute atomic E-state index is 0.0798. The molecule has 23 heavy (non-hydrogen) atoms. The standard InChI is InChI=1S/C15H22N4O4/c1-17(2)15(16-19(21)22)18(3)12-14(20)23-11-7-10-13-8-5-4-6-9-13/h4-6,8-9H,7,10-12H2,1-3H3. The van der Waals surface area contributed by atoms with E-state index in [0.717, 1.165) is 12.8 Å². The third kappa shape index (κ3) is 7.25. The van der Waals surface area contributed by atoms with E-state index in [1.54, 1.807) is 21.1 Å². The normalized spacial score (nSPS) is 11.0. The first-order chi connectivity index (χ1) is 10.9. The summed E-state index contributed by atoms with van der Waals surface area (Å²) < 4.78 is 5.15. The van der Waals surface area contributed by atoms with Gasteiger partial charge in [0.25, 0.3) is 5.96 Å². The van der Waals surface area contributed by atoms with Crippen LogP contribution in [0, 0.1) is 10.1 Å². The Labute approximate surface area is 135 Å². The van der Waals surface area contributed by atoms with Crippen LogP contribution in [0.15, 0.2) is 35.4 Å². The highest BCUT2D eigenvalue weighted by Gasteiger charge is 2.17. The molecule has 0 aromatic heterocycles. The van der Waals surface area contributed by atoms with Gasteiger partial charge in [0.05, 0.1) is 6.61 Å². The molecule has 8 heteroatoms. The monoisotopic (exact) mass is 322 g/mol. The fourth-order valence-corrected chi connectivity index (χ4v) is 2.00. The van der Waals surface area contributed by atoms with Gasteiger partial charge in [-0.05, 0) is 18.4 Å². The number of likely N-dealkylation sites (N-methyl/N-ethyl adjacent to an activating group) is 1. The van der Waals surface area contributed by atoms with Gasteiger partial charge < -0.3 is 14.5 Å². The molecule has 0 spiro atoms. The molecule has 0 amide bonds. The molecule has 0 saturated heterocycles. The summed E-state index contributed by atoms with van der Waals surface area (Å²) in [6, 6.07) is 9.93. The molecular weight excluding hydrogens is 300 g/mol. The molecule has 0 saturated carbocycles. The van der Waals surface area contributed by atoms with Gasteiger partial charge in [0.2, 0.25) is 0 Å². The summed E-state index contributed by atoms with van der Waals surface area (Å²) in [5.41, 5.74) is 1.19. The summed E-state index contributed by atoms with van der Waals surface area (Å²) in [5.74, 6) is -0.366. The first-order valence-electron chi connectivity index (χ1n) is 7.21. The van der Waals surface area contributed by atoms with Crippen molar-refractivity contribution in [3.05, 3.63) is 46.0 Å². The maximum Gasteiger partial charge on any atom is 0.325 e. The van der Waals surface area contributed by atoms with Crippen LogP contribution in [0.5, 0.6) is 0 Å². The summed E-state index contributed by atoms with van der Waals surface area (Å²) in [7, 11) is 4.78. The zero-order valence-electron chi connectivity index (χ0n) is 13.6. The Bertz CT molecular complexity index is 546. The van der Waals surface area contributed by atoms with E-state index in [-0.39, 0.29) is 12.5 Å². The Balaban J connectivity index is 2.36. The van der Waals surface area contributed by atoms with Crippen LogP contribution in [0.2, 0.25) is 0 Å². The second-order valence-corrected chi connectivity index (χ2v) is 5.20. The van der Waals surface area contributed by atoms with Gasteiger partial charge in [-0.3, -0.25) is 4.79 Å². The number of nitrogens with zero attached hydrogens (tertiary/aromatic N) is 4. The fourth-order valence-electron chi connectivity index (χ4n) is 2.00. The summed E-state index contributed by atoms with van der Waals surface area (Å²) >= 11 is 0. The lowest BCUT2D eigenvalue weighted by atomic mass is 10.1. The molecule has 0 aliphatic heterocycles. The second kappa shape index (κ2) is 9.39. The number of carbonyl (C=O) groups is 1. The lowest BCUT2D eigenvalue weighted by Crippen LogP contribution is -2.41. The average molecular weight is 322 g/mol. The van der Waals surface area contributed by atoms with E-state index in [4.69, 9.17) is 4.74 Å². The molecule has 0 atom stereocenters. The number of ether oxygens (including phenoxy) is 1. The van der Waals surface area contributed by atoms with E-state index in [1.165, 1.54) is 15.4 Å². The molecule has 1 rings (SSSR count). The minimum Gasteiger partial charge on any atom is -0.464 e. The van der Waals surface area contributed by atoms with Crippen LogP contribution in [-0.4, -0.2) is 61.1 Å². The van der Waals surface area contributed by atoms with Crippen LogP contribution in [0.25, 0.3) is 0 Å². The molecule has 0 bridgehead atoms. The summed E-state index contributed by atoms with van der Waals surface area (Å²) in [4.78, 5) is 25.1. The van der Waals surface area contributed by atoms with Crippen LogP contribution in [0.4, 0.5) is 0 Å². The second-order valence-electron chi connectivity index (χ2n) is 5.20. The van der Waals surface area contributed by atoms with Crippen molar-refractivity contribution in [2.75, 3.05) is 34.3 Å². The van der Waals surface area contributed by atoms with E-state index in [2.05, 4.69) is 5.10 Å². The largest absolute Gasteiger partial charge is 0.464 e. The number of rotatable bonds is 7. The van der Waals surface area contributed by atoms with Crippen molar-refractivity contribution in [3.63, 3.8) is 0 Å². The van der Waals surface area contributed by atoms with Crippen molar-refractivity contribution in [1.82, 2.24) is 9.80 Å². The highest BCUT2D eigenvalue weighted by atomic mass is 16.7. The summed E-state index contributed by atoms with van der Waals surface area (Å²) in [5, 5.41) is 13.0. The molecule has 0 heterocycles. The van der Waals surface area contributed by atoms with Gasteiger partial charge >= 0.3 is 5.97 Å². The van der Waals surface area contributed by atoms with Gasteiger partial charge in [0, 0.05) is 21.1 Å². The molecular formula is C15H22N4O4. The SMILES string of the molecule is CN(C)C(=N[N+](=O)[O-])N(C)CC(=O)OCCCc1ccccc1. The maximum atomic E-state index is 11.8. The topological polar surface area (TPSA) is 88.3 Å². The zero-order chi connectivity index (χ0) is 17.2. The molecule has 0 aliphatic rings. The number of hydrazone groups is 1. The number of benzene rings is 1. The number of aryl methyl sites for hydroxylation is 1. The van der Waals surface area contributed by atoms with Crippen LogP contribution >= 0.6 is 0 Å². The maximum absolute atomic E-state index is 11.8. The third-order valence-electron chi connectivity index (χ3n) is 2.99. The number of hydrogen-bond acceptors (Lipinski definition) is 4. The highest BCUT2D eigenvalue weighted by molar-refractivity contribution is 5.83. The Morgan fingerprint density at radius 2 is 1.91 bits per heavy atom. The third-order valence-corrected chi connectivity index (χ3v) is 2.99. The van der Waals surface area contributed by atoms with Crippen molar-refractivity contribution in [2.45, 2.75) is 12.8 Å². The lowest BCUT2D eigenvalue weighted by Gasteiger charge is -2.22. The zero-order valence-corrected chi connectivity index (χ0v) is 13.6. The quantitative estimate of drug-likeness (QED) is 0.187. The van der Waals surface area contributed by atoms with E-state index in [1.807, 2.05) is 30.3 Å². The van der Waals surface area contributed by atoms with Gasteiger partial charge in [0.15, 0.2) is 5.03 Å². The number of carbonyl (C=O) groups excluding carboxylic acids is 1. The van der Waals surface area contributed by atoms with Crippen LogP contribution in [-0.2, 0) is 16.0 Å². The Morgan fingerprint density at radius 3 is 2.48 bits per heavy atom. The number of nitro groups is 1. The van der Waals surface area contributed by atoms with Gasteiger partial charge in [-0.15, -0.1) is 0 Å². The molecule has 0 fully saturated rings. The predicted molar refractivity (Wildman–Crippen MR) is 86.5 cm³/mol. The lowest BCUT2D eigenvalue weighted by molar-refractivity contribution is -0.486. The van der Waals surface area contributed by atoms with Crippen LogP contribution in [0.1, 0.15) is 12.0 Å². The molecule has 0 N–H and O–H groups in total. The van der Waals surface area contributed by atoms with Crippen molar-refractivity contribution >= 4 is 11.9 Å². The first kappa shape index (κ1) is 18.4. The van der Waals surface area contributed by atoms with Gasteiger partial charge in [-0.25, -0.2) is 10.1 Å². The van der Waals surface area contributed by atoms with E-state index in [0.29, 0.717) is 6.61 Å². The Kier molecular flexibility index (Phi) is 7.52. The molecule has 1 aromatic rings. The molecule has 0 radical (unpaired) electrons. The van der Waals surface area contributed by atoms with E-state index in [9.17, 15) is 14.9 Å². The van der Waals surface area contributed by atoms with Crippen molar-refractivity contribution < 1.29 is 14.6 Å². The first-order valence-corrected chi connectivity index (χ1v) is 7.21. The number of guanidine groups is 1. The van der Waals surface area contributed by atoms with Crippen molar-refractivity contribution in [3.8, 4) is 0 Å². The Hall–Kier alpha value is -2.64. The van der Waals surface area contributed by atoms with E-state index >= 15 is 0 Å². The average Bonchev–Trinajstić information content (AvgIpc) is 2.49. The van der Waals surface area contributed by atoms with E-state index < -0.39 is 11.0 Å². The number of hydrogen-bond donors (Lipinski definition) is 0. The van der Waals surface area contributed by atoms with Crippen LogP contribution < -0.4 is 0 Å². The summed E-state index contributed by atoms with van der Waals surface area (Å²) in [6.45, 7) is 0.210.